The predicted octanol–water partition coefficient (Wildman–Crippen LogP) is 24.2. The number of fused-ring (bicyclic) bond motifs is 8. The lowest BCUT2D eigenvalue weighted by Crippen LogP contribution is -2.30. The second-order valence-electron chi connectivity index (χ2n) is 23.6. The van der Waals surface area contributed by atoms with E-state index >= 15 is 0 Å². The molecule has 0 saturated heterocycles. The Bertz CT molecular complexity index is 4800. The molecule has 4 heterocycles. The van der Waals surface area contributed by atoms with Gasteiger partial charge in [0.25, 0.3) is 0 Å². The number of nitrogens with zero attached hydrogens (tertiary/aromatic N) is 9. The molecule has 0 atom stereocenters. The summed E-state index contributed by atoms with van der Waals surface area (Å²) in [5.74, 6) is 0. The first-order valence-electron chi connectivity index (χ1n) is 31.8. The van der Waals surface area contributed by atoms with E-state index in [9.17, 15) is 5.26 Å². The van der Waals surface area contributed by atoms with Crippen LogP contribution in [0, 0.1) is 11.3 Å². The topological polar surface area (TPSA) is 49.7 Å². The van der Waals surface area contributed by atoms with E-state index in [2.05, 4.69) is 379 Å². The number of rotatable bonds is 9. The zero-order chi connectivity index (χ0) is 62.2. The molecular weight excluding hydrogens is 1150 g/mol. The molecule has 0 amide bonds. The minimum absolute atomic E-state index is 0.558. The van der Waals surface area contributed by atoms with Crippen LogP contribution in [0.3, 0.4) is 0 Å². The lowest BCUT2D eigenvalue weighted by atomic mass is 9.91. The van der Waals surface area contributed by atoms with Crippen molar-refractivity contribution in [3.05, 3.63) is 351 Å². The molecule has 9 heteroatoms. The van der Waals surface area contributed by atoms with E-state index in [0.717, 1.165) is 148 Å². The number of hydrogen-bond acceptors (Lipinski definition) is 9. The molecule has 4 aliphatic heterocycles. The van der Waals surface area contributed by atoms with Crippen LogP contribution in [0.1, 0.15) is 5.56 Å². The van der Waals surface area contributed by atoms with Gasteiger partial charge in [0.1, 0.15) is 0 Å². The van der Waals surface area contributed by atoms with Crippen LogP contribution in [0.2, 0.25) is 0 Å². The fourth-order valence-corrected chi connectivity index (χ4v) is 14.6. The van der Waals surface area contributed by atoms with Crippen molar-refractivity contribution in [2.45, 2.75) is 0 Å². The SMILES string of the molecule is N#Cc1ccc(-c2c(N3c4ccccc4N(c4ccccc4)c4ccccc43)c(N3c4ccccc4N(c4ccccc4)c4ccccc43)cc(N3c4ccccc4N(c4ccccc4)c4ccccc43)c2N2c3ccccc3N(c3ccccc3)c3ccccc32)cc1. The molecule has 0 radical (unpaired) electrons. The number of anilines is 24. The van der Waals surface area contributed by atoms with Gasteiger partial charge in [-0.05, 0) is 169 Å². The van der Waals surface area contributed by atoms with Crippen LogP contribution in [0.15, 0.2) is 346 Å². The molecule has 0 saturated carbocycles. The lowest BCUT2D eigenvalue weighted by molar-refractivity contribution is 1.12. The highest BCUT2D eigenvalue weighted by molar-refractivity contribution is 6.19. The number of hydrogen-bond donors (Lipinski definition) is 0. The monoisotopic (exact) mass is 1200 g/mol. The van der Waals surface area contributed by atoms with Crippen LogP contribution in [-0.2, 0) is 0 Å². The first kappa shape index (κ1) is 54.0. The zero-order valence-electron chi connectivity index (χ0n) is 50.9. The summed E-state index contributed by atoms with van der Waals surface area (Å²) in [5, 5.41) is 10.8. The van der Waals surface area contributed by atoms with Gasteiger partial charge in [-0.2, -0.15) is 5.26 Å². The highest BCUT2D eigenvalue weighted by Crippen LogP contribution is 2.68. The number of benzene rings is 14. The summed E-state index contributed by atoms with van der Waals surface area (Å²) in [6.07, 6.45) is 0. The zero-order valence-corrected chi connectivity index (χ0v) is 50.9. The van der Waals surface area contributed by atoms with Crippen LogP contribution in [0.25, 0.3) is 11.1 Å². The highest BCUT2D eigenvalue weighted by Gasteiger charge is 2.44. The van der Waals surface area contributed by atoms with E-state index in [1.165, 1.54) is 0 Å². The third-order valence-corrected chi connectivity index (χ3v) is 18.4. The third kappa shape index (κ3) is 8.41. The van der Waals surface area contributed by atoms with Crippen molar-refractivity contribution in [1.82, 2.24) is 0 Å². The molecule has 0 unspecified atom stereocenters. The Morgan fingerprint density at radius 3 is 0.585 bits per heavy atom. The largest absolute Gasteiger partial charge is 0.306 e. The number of para-hydroxylation sites is 20. The molecule has 9 nitrogen and oxygen atoms in total. The summed E-state index contributed by atoms with van der Waals surface area (Å²) in [6.45, 7) is 0. The Kier molecular flexibility index (Phi) is 12.7. The van der Waals surface area contributed by atoms with Crippen molar-refractivity contribution < 1.29 is 0 Å². The van der Waals surface area contributed by atoms with Crippen molar-refractivity contribution in [1.29, 1.82) is 5.26 Å². The van der Waals surface area contributed by atoms with Crippen molar-refractivity contribution in [2.24, 2.45) is 0 Å². The molecule has 442 valence electrons. The van der Waals surface area contributed by atoms with Crippen LogP contribution in [0.5, 0.6) is 0 Å². The quantitative estimate of drug-likeness (QED) is 0.141. The Balaban J connectivity index is 1.06. The highest BCUT2D eigenvalue weighted by atomic mass is 15.4. The maximum atomic E-state index is 10.8. The summed E-state index contributed by atoms with van der Waals surface area (Å²) < 4.78 is 0. The molecule has 0 N–H and O–H groups in total. The molecule has 0 aromatic heterocycles. The Hall–Kier alpha value is -13.0. The average Bonchev–Trinajstić information content (AvgIpc) is 0.693. The van der Waals surface area contributed by atoms with Gasteiger partial charge in [-0.1, -0.05) is 182 Å². The summed E-state index contributed by atoms with van der Waals surface area (Å²) >= 11 is 0. The average molecular weight is 1200 g/mol. The fourth-order valence-electron chi connectivity index (χ4n) is 14.6. The van der Waals surface area contributed by atoms with E-state index in [1.54, 1.807) is 0 Å². The first-order chi connectivity index (χ1) is 46.7. The molecule has 18 rings (SSSR count). The Morgan fingerprint density at radius 1 is 0.181 bits per heavy atom. The summed E-state index contributed by atoms with van der Waals surface area (Å²) in [4.78, 5) is 19.7. The Labute approximate surface area is 546 Å². The minimum atomic E-state index is 0.558. The van der Waals surface area contributed by atoms with Gasteiger partial charge in [0.15, 0.2) is 0 Å². The molecule has 4 aliphatic rings. The lowest BCUT2D eigenvalue weighted by Gasteiger charge is -2.48. The van der Waals surface area contributed by atoms with Gasteiger partial charge in [-0.3, -0.25) is 0 Å². The van der Waals surface area contributed by atoms with Crippen molar-refractivity contribution in [3.8, 4) is 17.2 Å². The predicted molar refractivity (Wildman–Crippen MR) is 388 cm³/mol. The van der Waals surface area contributed by atoms with Crippen molar-refractivity contribution >= 4 is 136 Å². The molecule has 0 fully saturated rings. The summed E-state index contributed by atoms with van der Waals surface area (Å²) in [5.41, 5.74) is 26.2. The van der Waals surface area contributed by atoms with Gasteiger partial charge >= 0.3 is 0 Å². The second kappa shape index (κ2) is 22.2. The fraction of sp³-hybridized carbons (Fsp3) is 0. The molecular formula is C85H57N9. The van der Waals surface area contributed by atoms with Crippen LogP contribution in [0.4, 0.5) is 136 Å². The van der Waals surface area contributed by atoms with Crippen LogP contribution >= 0.6 is 0 Å². The van der Waals surface area contributed by atoms with Gasteiger partial charge in [-0.25, -0.2) is 0 Å². The number of nitriles is 1. The Morgan fingerprint density at radius 2 is 0.372 bits per heavy atom. The second-order valence-corrected chi connectivity index (χ2v) is 23.6. The van der Waals surface area contributed by atoms with Crippen LogP contribution < -0.4 is 39.2 Å². The van der Waals surface area contributed by atoms with Gasteiger partial charge in [-0.15, -0.1) is 0 Å². The molecule has 0 spiro atoms. The molecule has 14 aromatic rings. The van der Waals surface area contributed by atoms with E-state index in [1.807, 2.05) is 12.1 Å². The maximum Gasteiger partial charge on any atom is 0.0991 e. The van der Waals surface area contributed by atoms with Crippen molar-refractivity contribution in [3.63, 3.8) is 0 Å². The third-order valence-electron chi connectivity index (χ3n) is 18.4. The standard InChI is InChI=1S/C85H57N9/c86-58-59-53-55-60(56-54-59)83-84(93-77-49-25-17-41-69(77)89(63-33-9-3-10-34-63)70-42-18-26-50-78(70)93)81(91-73-45-21-13-37-65(73)87(61-29-5-1-6-30-61)66-38-14-22-46-74(66)91)57-82(92-75-47-23-15-39-67(75)88(62-31-7-2-8-32-62)68-40-16-24-48-76(68)92)85(83)94-79-51-27-19-43-71(79)90(64-35-11-4-12-36-64)72-44-20-28-52-80(72)94/h1-57H. The van der Waals surface area contributed by atoms with Crippen LogP contribution in [-0.4, -0.2) is 0 Å². The molecule has 94 heavy (non-hydrogen) atoms. The normalized spacial score (nSPS) is 13.1. The van der Waals surface area contributed by atoms with E-state index in [0.29, 0.717) is 5.56 Å². The van der Waals surface area contributed by atoms with E-state index < -0.39 is 0 Å². The minimum Gasteiger partial charge on any atom is -0.306 e. The molecule has 0 bridgehead atoms. The molecule has 14 aromatic carbocycles. The van der Waals surface area contributed by atoms with Crippen molar-refractivity contribution in [2.75, 3.05) is 39.2 Å². The van der Waals surface area contributed by atoms with Gasteiger partial charge in [0, 0.05) is 28.3 Å². The van der Waals surface area contributed by atoms with Gasteiger partial charge < -0.3 is 39.2 Å². The van der Waals surface area contributed by atoms with Gasteiger partial charge in [0.2, 0.25) is 0 Å². The smallest absolute Gasteiger partial charge is 0.0991 e. The molecule has 0 aliphatic carbocycles. The van der Waals surface area contributed by atoms with E-state index in [-0.39, 0.29) is 0 Å². The van der Waals surface area contributed by atoms with E-state index in [4.69, 9.17) is 0 Å². The summed E-state index contributed by atoms with van der Waals surface area (Å²) in [6, 6.07) is 127. The first-order valence-corrected chi connectivity index (χ1v) is 31.8. The maximum absolute atomic E-state index is 10.8. The van der Waals surface area contributed by atoms with Gasteiger partial charge in [0.05, 0.1) is 125 Å². The summed E-state index contributed by atoms with van der Waals surface area (Å²) in [7, 11) is 0.